The SMILES string of the molecule is Cc1c(C(=O)Nc2ccccc2C(=O)NCc2ccco2)[nH]c2c1C(=O)CCC2. The summed E-state index contributed by atoms with van der Waals surface area (Å²) >= 11 is 0. The zero-order valence-corrected chi connectivity index (χ0v) is 16.0. The van der Waals surface area contributed by atoms with Crippen molar-refractivity contribution >= 4 is 23.3 Å². The molecule has 2 amide bonds. The Hall–Kier alpha value is -3.61. The summed E-state index contributed by atoms with van der Waals surface area (Å²) < 4.78 is 5.22. The van der Waals surface area contributed by atoms with E-state index in [4.69, 9.17) is 4.42 Å². The largest absolute Gasteiger partial charge is 0.467 e. The molecule has 3 N–H and O–H groups in total. The van der Waals surface area contributed by atoms with E-state index in [1.807, 2.05) is 0 Å². The first kappa shape index (κ1) is 18.7. The lowest BCUT2D eigenvalue weighted by molar-refractivity contribution is 0.0946. The molecule has 4 rings (SSSR count). The minimum absolute atomic E-state index is 0.0664. The van der Waals surface area contributed by atoms with Gasteiger partial charge in [0, 0.05) is 17.7 Å². The van der Waals surface area contributed by atoms with Crippen LogP contribution in [0.15, 0.2) is 47.1 Å². The van der Waals surface area contributed by atoms with E-state index in [9.17, 15) is 14.4 Å². The second kappa shape index (κ2) is 7.79. The van der Waals surface area contributed by atoms with Gasteiger partial charge in [-0.2, -0.15) is 0 Å². The van der Waals surface area contributed by atoms with Gasteiger partial charge in [0.2, 0.25) is 0 Å². The molecule has 3 aromatic rings. The number of rotatable bonds is 5. The third-order valence-electron chi connectivity index (χ3n) is 5.09. The van der Waals surface area contributed by atoms with Crippen molar-refractivity contribution in [3.05, 3.63) is 76.5 Å². The molecule has 0 radical (unpaired) electrons. The zero-order valence-electron chi connectivity index (χ0n) is 16.0. The lowest BCUT2D eigenvalue weighted by Crippen LogP contribution is -2.25. The number of Topliss-reactive ketones (excluding diaryl/α,β-unsaturated/α-hetero) is 1. The van der Waals surface area contributed by atoms with Gasteiger partial charge in [-0.25, -0.2) is 0 Å². The molecule has 0 saturated heterocycles. The number of aromatic nitrogens is 1. The number of aryl methyl sites for hydroxylation is 1. The molecule has 0 spiro atoms. The van der Waals surface area contributed by atoms with Crippen LogP contribution in [0.1, 0.15) is 61.1 Å². The number of ketones is 1. The van der Waals surface area contributed by atoms with Gasteiger partial charge in [0.1, 0.15) is 11.5 Å². The molecule has 0 aliphatic heterocycles. The van der Waals surface area contributed by atoms with Crippen LogP contribution in [0.5, 0.6) is 0 Å². The normalized spacial score (nSPS) is 13.1. The Morgan fingerprint density at radius 3 is 2.69 bits per heavy atom. The maximum Gasteiger partial charge on any atom is 0.272 e. The summed E-state index contributed by atoms with van der Waals surface area (Å²) in [6, 6.07) is 10.3. The van der Waals surface area contributed by atoms with Gasteiger partial charge < -0.3 is 20.0 Å². The fourth-order valence-electron chi connectivity index (χ4n) is 3.65. The molecule has 0 bridgehead atoms. The standard InChI is InChI=1S/C22H21N3O4/c1-13-19-17(9-4-10-18(19)26)24-20(13)22(28)25-16-8-3-2-7-15(16)21(27)23-12-14-6-5-11-29-14/h2-3,5-8,11,24H,4,9-10,12H2,1H3,(H,23,27)(H,25,28). The van der Waals surface area contributed by atoms with E-state index in [0.29, 0.717) is 40.3 Å². The predicted molar refractivity (Wildman–Crippen MR) is 107 cm³/mol. The molecule has 148 valence electrons. The number of fused-ring (bicyclic) bond motifs is 1. The number of aromatic amines is 1. The fourth-order valence-corrected chi connectivity index (χ4v) is 3.65. The summed E-state index contributed by atoms with van der Waals surface area (Å²) in [4.78, 5) is 40.8. The van der Waals surface area contributed by atoms with Gasteiger partial charge in [0.15, 0.2) is 5.78 Å². The van der Waals surface area contributed by atoms with E-state index in [-0.39, 0.29) is 24.1 Å². The number of amides is 2. The molecule has 1 aromatic carbocycles. The topological polar surface area (TPSA) is 104 Å². The molecule has 0 atom stereocenters. The molecule has 1 aliphatic rings. The van der Waals surface area contributed by atoms with E-state index in [1.54, 1.807) is 49.6 Å². The number of carbonyl (C=O) groups is 3. The Bertz CT molecular complexity index is 1080. The average molecular weight is 391 g/mol. The highest BCUT2D eigenvalue weighted by Gasteiger charge is 2.26. The third kappa shape index (κ3) is 3.71. The van der Waals surface area contributed by atoms with Gasteiger partial charge in [0.05, 0.1) is 24.1 Å². The van der Waals surface area contributed by atoms with Crippen molar-refractivity contribution in [1.82, 2.24) is 10.3 Å². The number of para-hydroxylation sites is 1. The minimum atomic E-state index is -0.379. The molecule has 29 heavy (non-hydrogen) atoms. The molecular formula is C22H21N3O4. The molecule has 2 aromatic heterocycles. The number of hydrogen-bond donors (Lipinski definition) is 3. The fraction of sp³-hybridized carbons (Fsp3) is 0.227. The molecule has 1 aliphatic carbocycles. The quantitative estimate of drug-likeness (QED) is 0.618. The second-order valence-electron chi connectivity index (χ2n) is 7.02. The predicted octanol–water partition coefficient (Wildman–Crippen LogP) is 3.62. The first-order valence-electron chi connectivity index (χ1n) is 9.50. The Kier molecular flexibility index (Phi) is 5.03. The number of nitrogens with one attached hydrogen (secondary N) is 3. The molecule has 2 heterocycles. The van der Waals surface area contributed by atoms with Crippen molar-refractivity contribution in [3.63, 3.8) is 0 Å². The molecule has 7 heteroatoms. The van der Waals surface area contributed by atoms with Crippen LogP contribution in [-0.4, -0.2) is 22.6 Å². The Morgan fingerprint density at radius 1 is 1.10 bits per heavy atom. The van der Waals surface area contributed by atoms with Crippen LogP contribution >= 0.6 is 0 Å². The smallest absolute Gasteiger partial charge is 0.272 e. The van der Waals surface area contributed by atoms with Crippen LogP contribution < -0.4 is 10.6 Å². The zero-order chi connectivity index (χ0) is 20.4. The summed E-state index contributed by atoms with van der Waals surface area (Å²) in [5, 5.41) is 5.58. The van der Waals surface area contributed by atoms with Gasteiger partial charge >= 0.3 is 0 Å². The monoisotopic (exact) mass is 391 g/mol. The molecule has 0 fully saturated rings. The first-order chi connectivity index (χ1) is 14.0. The van der Waals surface area contributed by atoms with E-state index in [0.717, 1.165) is 18.5 Å². The minimum Gasteiger partial charge on any atom is -0.467 e. The first-order valence-corrected chi connectivity index (χ1v) is 9.50. The van der Waals surface area contributed by atoms with E-state index in [1.165, 1.54) is 0 Å². The van der Waals surface area contributed by atoms with E-state index >= 15 is 0 Å². The van der Waals surface area contributed by atoms with Crippen molar-refractivity contribution < 1.29 is 18.8 Å². The van der Waals surface area contributed by atoms with Crippen molar-refractivity contribution in [2.24, 2.45) is 0 Å². The summed E-state index contributed by atoms with van der Waals surface area (Å²) in [5.74, 6) is -0.000145. The average Bonchev–Trinajstić information content (AvgIpc) is 3.35. The number of H-pyrrole nitrogens is 1. The summed E-state index contributed by atoms with van der Waals surface area (Å²) in [7, 11) is 0. The molecule has 0 saturated carbocycles. The molecular weight excluding hydrogens is 370 g/mol. The lowest BCUT2D eigenvalue weighted by Gasteiger charge is -2.11. The van der Waals surface area contributed by atoms with Crippen LogP contribution in [0.2, 0.25) is 0 Å². The second-order valence-corrected chi connectivity index (χ2v) is 7.02. The van der Waals surface area contributed by atoms with Gasteiger partial charge in [-0.05, 0) is 49.6 Å². The van der Waals surface area contributed by atoms with E-state index < -0.39 is 0 Å². The van der Waals surface area contributed by atoms with Crippen molar-refractivity contribution in [1.29, 1.82) is 0 Å². The van der Waals surface area contributed by atoms with Crippen LogP contribution in [0.25, 0.3) is 0 Å². The summed E-state index contributed by atoms with van der Waals surface area (Å²) in [6.45, 7) is 2.02. The van der Waals surface area contributed by atoms with Gasteiger partial charge in [0.25, 0.3) is 11.8 Å². The molecule has 0 unspecified atom stereocenters. The lowest BCUT2D eigenvalue weighted by atomic mass is 9.94. The van der Waals surface area contributed by atoms with Gasteiger partial charge in [-0.3, -0.25) is 14.4 Å². The molecule has 7 nitrogen and oxygen atoms in total. The highest BCUT2D eigenvalue weighted by molar-refractivity contribution is 6.11. The maximum absolute atomic E-state index is 12.9. The van der Waals surface area contributed by atoms with Gasteiger partial charge in [-0.15, -0.1) is 0 Å². The summed E-state index contributed by atoms with van der Waals surface area (Å²) in [5.41, 5.74) is 3.20. The highest BCUT2D eigenvalue weighted by atomic mass is 16.3. The number of benzene rings is 1. The summed E-state index contributed by atoms with van der Waals surface area (Å²) in [6.07, 6.45) is 3.58. The number of hydrogen-bond acceptors (Lipinski definition) is 4. The Morgan fingerprint density at radius 2 is 1.93 bits per heavy atom. The number of carbonyl (C=O) groups excluding carboxylic acids is 3. The Labute approximate surface area is 167 Å². The highest BCUT2D eigenvalue weighted by Crippen LogP contribution is 2.27. The number of furan rings is 1. The maximum atomic E-state index is 12.9. The third-order valence-corrected chi connectivity index (χ3v) is 5.09. The van der Waals surface area contributed by atoms with Crippen molar-refractivity contribution in [3.8, 4) is 0 Å². The van der Waals surface area contributed by atoms with Crippen molar-refractivity contribution in [2.45, 2.75) is 32.7 Å². The van der Waals surface area contributed by atoms with Gasteiger partial charge in [-0.1, -0.05) is 12.1 Å². The van der Waals surface area contributed by atoms with Crippen LogP contribution in [0.3, 0.4) is 0 Å². The van der Waals surface area contributed by atoms with Crippen LogP contribution in [-0.2, 0) is 13.0 Å². The van der Waals surface area contributed by atoms with Crippen LogP contribution in [0, 0.1) is 6.92 Å². The van der Waals surface area contributed by atoms with Crippen molar-refractivity contribution in [2.75, 3.05) is 5.32 Å². The number of anilines is 1. The van der Waals surface area contributed by atoms with Crippen LogP contribution in [0.4, 0.5) is 5.69 Å². The van der Waals surface area contributed by atoms with E-state index in [2.05, 4.69) is 15.6 Å². The Balaban J connectivity index is 1.53.